The lowest BCUT2D eigenvalue weighted by Gasteiger charge is -2.31. The average Bonchev–Trinajstić information content (AvgIpc) is 3.53. The minimum atomic E-state index is -3.85. The lowest BCUT2D eigenvalue weighted by atomic mass is 9.84. The summed E-state index contributed by atoms with van der Waals surface area (Å²) in [7, 11) is -3.85. The molecule has 1 aliphatic heterocycles. The first-order chi connectivity index (χ1) is 23.9. The molecule has 4 aromatic carbocycles. The number of hydrazine groups is 1. The summed E-state index contributed by atoms with van der Waals surface area (Å²) < 4.78 is 39.3. The number of carbonyl (C=O) groups is 1. The highest BCUT2D eigenvalue weighted by atomic mass is 32.2. The molecule has 0 aliphatic carbocycles. The Morgan fingerprint density at radius 1 is 0.959 bits per heavy atom. The molecule has 2 atom stereocenters. The van der Waals surface area contributed by atoms with Crippen molar-refractivity contribution in [2.45, 2.75) is 42.2 Å². The van der Waals surface area contributed by atoms with E-state index in [1.54, 1.807) is 66.7 Å². The third-order valence-corrected chi connectivity index (χ3v) is 9.80. The van der Waals surface area contributed by atoms with Crippen molar-refractivity contribution in [2.24, 2.45) is 10.1 Å². The molecule has 0 unspecified atom stereocenters. The fraction of sp³-hybridized carbons (Fsp3) is 0.278. The van der Waals surface area contributed by atoms with Crippen molar-refractivity contribution < 1.29 is 27.8 Å². The van der Waals surface area contributed by atoms with E-state index < -0.39 is 33.1 Å². The molecule has 12 nitrogen and oxygen atoms in total. The van der Waals surface area contributed by atoms with Crippen LogP contribution in [0.25, 0.3) is 10.4 Å². The van der Waals surface area contributed by atoms with E-state index >= 15 is 0 Å². The number of hydrogen-bond acceptors (Lipinski definition) is 9. The van der Waals surface area contributed by atoms with Gasteiger partial charge in [-0.05, 0) is 60.3 Å². The Morgan fingerprint density at radius 3 is 2.37 bits per heavy atom. The lowest BCUT2D eigenvalue weighted by Crippen LogP contribution is -2.53. The summed E-state index contributed by atoms with van der Waals surface area (Å²) in [6, 6.07) is 31.5. The predicted octanol–water partition coefficient (Wildman–Crippen LogP) is 5.76. The van der Waals surface area contributed by atoms with E-state index in [0.717, 1.165) is 18.4 Å². The van der Waals surface area contributed by atoms with Gasteiger partial charge in [-0.25, -0.2) is 18.8 Å². The Kier molecular flexibility index (Phi) is 12.0. The molecule has 0 saturated heterocycles. The van der Waals surface area contributed by atoms with E-state index in [0.29, 0.717) is 36.4 Å². The smallest absolute Gasteiger partial charge is 0.266 e. The molecule has 254 valence electrons. The van der Waals surface area contributed by atoms with E-state index in [-0.39, 0.29) is 29.5 Å². The Hall–Kier alpha value is -5.20. The van der Waals surface area contributed by atoms with Crippen LogP contribution in [-0.4, -0.2) is 56.4 Å². The number of aryl methyl sites for hydroxylation is 1. The number of nitrogens with one attached hydrogen (secondary N) is 2. The molecule has 3 N–H and O–H groups in total. The summed E-state index contributed by atoms with van der Waals surface area (Å²) in [5.41, 5.74) is 15.6. The predicted molar refractivity (Wildman–Crippen MR) is 186 cm³/mol. The maximum Gasteiger partial charge on any atom is 0.266 e. The largest absolute Gasteiger partial charge is 0.494 e. The number of aliphatic hydroxyl groups is 1. The highest BCUT2D eigenvalue weighted by Crippen LogP contribution is 2.45. The molecule has 13 heteroatoms. The highest BCUT2D eigenvalue weighted by Gasteiger charge is 2.54. The molecule has 0 radical (unpaired) electrons. The van der Waals surface area contributed by atoms with Gasteiger partial charge < -0.3 is 14.6 Å². The van der Waals surface area contributed by atoms with Crippen LogP contribution < -0.4 is 15.6 Å². The van der Waals surface area contributed by atoms with Crippen LogP contribution in [0.1, 0.15) is 42.1 Å². The van der Waals surface area contributed by atoms with Gasteiger partial charge in [-0.2, -0.15) is 0 Å². The Morgan fingerprint density at radius 2 is 1.65 bits per heavy atom. The van der Waals surface area contributed by atoms with Gasteiger partial charge in [0.2, 0.25) is 5.90 Å². The first kappa shape index (κ1) is 35.1. The monoisotopic (exact) mass is 682 g/mol. The van der Waals surface area contributed by atoms with Crippen LogP contribution >= 0.6 is 0 Å². The van der Waals surface area contributed by atoms with Gasteiger partial charge in [0.25, 0.3) is 5.91 Å². The standard InChI is InChI=1S/C36H38N6O6S/c37-42-40-32-17-8-7-16-31(32)33-36(22-26-49(45,46)30-14-5-2-6-15-30,35(44)41-38-23-9-13-27-11-3-1-4-12-27)39-34(48-33)28-18-20-29(21-19-28)47-25-10-24-43/h1-8,11-12,14-21,33,38,43H,9-10,13,22-26H2,(H,41,44)/t33-,36-/m0/s1. The molecule has 5 rings (SSSR count). The fourth-order valence-corrected chi connectivity index (χ4v) is 6.90. The summed E-state index contributed by atoms with van der Waals surface area (Å²) in [5, 5.41) is 12.9. The van der Waals surface area contributed by atoms with E-state index in [9.17, 15) is 18.7 Å². The normalized spacial score (nSPS) is 17.0. The zero-order valence-electron chi connectivity index (χ0n) is 26.8. The fourth-order valence-electron chi connectivity index (χ4n) is 5.51. The summed E-state index contributed by atoms with van der Waals surface area (Å²) in [5.74, 6) is -0.344. The first-order valence-corrected chi connectivity index (χ1v) is 17.6. The molecule has 1 heterocycles. The van der Waals surface area contributed by atoms with E-state index in [1.807, 2.05) is 30.3 Å². The molecule has 0 saturated carbocycles. The molecular weight excluding hydrogens is 644 g/mol. The van der Waals surface area contributed by atoms with Gasteiger partial charge in [-0.15, -0.1) is 0 Å². The molecule has 0 bridgehead atoms. The number of nitrogens with zero attached hydrogens (tertiary/aromatic N) is 4. The maximum absolute atomic E-state index is 14.4. The summed E-state index contributed by atoms with van der Waals surface area (Å²) in [6.07, 6.45) is 0.593. The number of hydrogen-bond donors (Lipinski definition) is 3. The van der Waals surface area contributed by atoms with Gasteiger partial charge >= 0.3 is 0 Å². The minimum absolute atomic E-state index is 0.00740. The topological polar surface area (TPSA) is 175 Å². The van der Waals surface area contributed by atoms with Gasteiger partial charge in [-0.3, -0.25) is 10.2 Å². The second kappa shape index (κ2) is 16.8. The Labute approximate surface area is 285 Å². The second-order valence-electron chi connectivity index (χ2n) is 11.4. The molecule has 49 heavy (non-hydrogen) atoms. The van der Waals surface area contributed by atoms with Crippen LogP contribution in [0.15, 0.2) is 124 Å². The second-order valence-corrected chi connectivity index (χ2v) is 13.5. The van der Waals surface area contributed by atoms with Gasteiger partial charge in [0.1, 0.15) is 5.75 Å². The molecule has 1 amide bonds. The minimum Gasteiger partial charge on any atom is -0.494 e. The summed E-state index contributed by atoms with van der Waals surface area (Å²) in [6.45, 7) is 0.782. The number of aliphatic hydroxyl groups excluding tert-OH is 1. The van der Waals surface area contributed by atoms with E-state index in [4.69, 9.17) is 19.6 Å². The maximum atomic E-state index is 14.4. The Balaban J connectivity index is 1.50. The SMILES string of the molecule is [N-]=[N+]=Nc1ccccc1[C@@H]1OC(c2ccc(OCCCO)cc2)=N[C@]1(CCS(=O)(=O)c1ccccc1)C(=O)NNCCCc1ccccc1. The van der Waals surface area contributed by atoms with E-state index in [2.05, 4.69) is 20.9 Å². The number of azide groups is 1. The number of amides is 1. The molecule has 4 aromatic rings. The van der Waals surface area contributed by atoms with Crippen LogP contribution in [0.2, 0.25) is 0 Å². The highest BCUT2D eigenvalue weighted by molar-refractivity contribution is 7.91. The van der Waals surface area contributed by atoms with Crippen molar-refractivity contribution in [2.75, 3.05) is 25.5 Å². The molecule has 0 aromatic heterocycles. The van der Waals surface area contributed by atoms with Gasteiger partial charge in [0.15, 0.2) is 21.5 Å². The van der Waals surface area contributed by atoms with Crippen molar-refractivity contribution in [1.82, 2.24) is 10.9 Å². The van der Waals surface area contributed by atoms with Crippen molar-refractivity contribution in [3.8, 4) is 5.75 Å². The van der Waals surface area contributed by atoms with Crippen LogP contribution in [0.5, 0.6) is 5.75 Å². The van der Waals surface area contributed by atoms with E-state index in [1.165, 1.54) is 12.1 Å². The van der Waals surface area contributed by atoms with Crippen molar-refractivity contribution in [3.05, 3.63) is 136 Å². The first-order valence-electron chi connectivity index (χ1n) is 16.0. The van der Waals surface area contributed by atoms with Crippen LogP contribution in [-0.2, 0) is 25.8 Å². The number of rotatable bonds is 17. The number of aliphatic imine (C=N–C) groups is 1. The third kappa shape index (κ3) is 8.84. The number of carbonyl (C=O) groups excluding carboxylic acids is 1. The van der Waals surface area contributed by atoms with Crippen LogP contribution in [0.3, 0.4) is 0 Å². The summed E-state index contributed by atoms with van der Waals surface area (Å²) >= 11 is 0. The van der Waals surface area contributed by atoms with Crippen LogP contribution in [0, 0.1) is 0 Å². The molecule has 1 aliphatic rings. The number of ether oxygens (including phenoxy) is 2. The van der Waals surface area contributed by atoms with Gasteiger partial charge in [0, 0.05) is 47.7 Å². The van der Waals surface area contributed by atoms with Gasteiger partial charge in [0.05, 0.1) is 17.3 Å². The molecule has 0 spiro atoms. The third-order valence-electron chi connectivity index (χ3n) is 8.07. The number of benzene rings is 4. The van der Waals surface area contributed by atoms with Crippen molar-refractivity contribution >= 4 is 27.3 Å². The summed E-state index contributed by atoms with van der Waals surface area (Å²) in [4.78, 5) is 22.3. The Bertz CT molecular complexity index is 1880. The number of sulfone groups is 1. The lowest BCUT2D eigenvalue weighted by molar-refractivity contribution is -0.130. The average molecular weight is 683 g/mol. The zero-order chi connectivity index (χ0) is 34.5. The van der Waals surface area contributed by atoms with Crippen LogP contribution in [0.4, 0.5) is 5.69 Å². The quantitative estimate of drug-likeness (QED) is 0.0417. The van der Waals surface area contributed by atoms with Crippen molar-refractivity contribution in [1.29, 1.82) is 0 Å². The van der Waals surface area contributed by atoms with Crippen molar-refractivity contribution in [3.63, 3.8) is 0 Å². The molecular formula is C36H38N6O6S. The van der Waals surface area contributed by atoms with Gasteiger partial charge in [-0.1, -0.05) is 77.9 Å². The molecule has 0 fully saturated rings. The zero-order valence-corrected chi connectivity index (χ0v) is 27.6.